The number of hydrogen-bond donors (Lipinski definition) is 0. The molecule has 0 aliphatic rings. The van der Waals surface area contributed by atoms with Gasteiger partial charge in [-0.05, 0) is 42.3 Å². The highest BCUT2D eigenvalue weighted by Crippen LogP contribution is 2.27. The Morgan fingerprint density at radius 1 is 1.04 bits per heavy atom. The molecule has 7 heteroatoms. The molecule has 3 aromatic rings. The van der Waals surface area contributed by atoms with Gasteiger partial charge in [0.15, 0.2) is 0 Å². The maximum atomic E-state index is 12.6. The third-order valence-electron chi connectivity index (χ3n) is 3.59. The second-order valence-corrected chi connectivity index (χ2v) is 8.26. The van der Waals surface area contributed by atoms with Crippen molar-refractivity contribution >= 4 is 26.0 Å². The van der Waals surface area contributed by atoms with E-state index >= 15 is 0 Å². The summed E-state index contributed by atoms with van der Waals surface area (Å²) in [7, 11) is -3.95. The minimum absolute atomic E-state index is 0.0857. The zero-order valence-electron chi connectivity index (χ0n) is 13.8. The Morgan fingerprint density at radius 2 is 1.68 bits per heavy atom. The molecule has 0 atom stereocenters. The Labute approximate surface area is 155 Å². The normalized spacial score (nSPS) is 11.7. The monoisotopic (exact) mass is 420 g/mol. The molecule has 0 fully saturated rings. The summed E-state index contributed by atoms with van der Waals surface area (Å²) in [6.45, 7) is 3.98. The molecule has 0 N–H and O–H groups in total. The second-order valence-electron chi connectivity index (χ2n) is 5.80. The zero-order chi connectivity index (χ0) is 18.0. The molecule has 130 valence electrons. The third-order valence-corrected chi connectivity index (χ3v) is 5.35. The fourth-order valence-electron chi connectivity index (χ4n) is 2.24. The third kappa shape index (κ3) is 3.93. The first-order valence-corrected chi connectivity index (χ1v) is 9.92. The number of benzene rings is 2. The van der Waals surface area contributed by atoms with E-state index in [1.165, 1.54) is 16.8 Å². The van der Waals surface area contributed by atoms with E-state index in [1.54, 1.807) is 18.2 Å². The van der Waals surface area contributed by atoms with Gasteiger partial charge in [0.1, 0.15) is 4.90 Å². The van der Waals surface area contributed by atoms with Crippen molar-refractivity contribution in [3.8, 4) is 11.6 Å². The van der Waals surface area contributed by atoms with Crippen LogP contribution in [0, 0.1) is 0 Å². The number of aromatic nitrogens is 2. The van der Waals surface area contributed by atoms with Crippen molar-refractivity contribution in [1.82, 2.24) is 9.78 Å². The van der Waals surface area contributed by atoms with Gasteiger partial charge in [-0.3, -0.25) is 0 Å². The smallest absolute Gasteiger partial charge is 0.340 e. The van der Waals surface area contributed by atoms with Crippen molar-refractivity contribution in [2.45, 2.75) is 24.7 Å². The average Bonchev–Trinajstić information content (AvgIpc) is 2.99. The summed E-state index contributed by atoms with van der Waals surface area (Å²) in [5.74, 6) is 0.306. The number of nitrogens with zero attached hydrogens (tertiary/aromatic N) is 2. The number of rotatable bonds is 5. The lowest BCUT2D eigenvalue weighted by Crippen LogP contribution is -2.12. The van der Waals surface area contributed by atoms with Gasteiger partial charge >= 0.3 is 10.1 Å². The van der Waals surface area contributed by atoms with Gasteiger partial charge in [-0.25, -0.2) is 0 Å². The van der Waals surface area contributed by atoms with Crippen LogP contribution in [0.25, 0.3) is 5.69 Å². The number of para-hydroxylation sites is 1. The fraction of sp³-hybridized carbons (Fsp3) is 0.167. The summed E-state index contributed by atoms with van der Waals surface area (Å²) in [6, 6.07) is 17.3. The highest BCUT2D eigenvalue weighted by Gasteiger charge is 2.21. The molecule has 2 aromatic carbocycles. The molecule has 1 aromatic heterocycles. The summed E-state index contributed by atoms with van der Waals surface area (Å²) in [6.07, 6.45) is 0. The molecular formula is C18H17BrN2O3S. The number of halogens is 1. The largest absolute Gasteiger partial charge is 0.358 e. The van der Waals surface area contributed by atoms with E-state index in [0.29, 0.717) is 0 Å². The predicted molar refractivity (Wildman–Crippen MR) is 99.6 cm³/mol. The van der Waals surface area contributed by atoms with Gasteiger partial charge in [0, 0.05) is 10.5 Å². The Balaban J connectivity index is 2.03. The summed E-state index contributed by atoms with van der Waals surface area (Å²) in [5.41, 5.74) is 1.49. The Kier molecular flexibility index (Phi) is 4.96. The molecule has 1 heterocycles. The summed E-state index contributed by atoms with van der Waals surface area (Å²) < 4.78 is 32.9. The van der Waals surface area contributed by atoms with E-state index in [4.69, 9.17) is 4.18 Å². The van der Waals surface area contributed by atoms with Gasteiger partial charge in [0.05, 0.1) is 11.4 Å². The van der Waals surface area contributed by atoms with E-state index in [0.717, 1.165) is 15.9 Å². The van der Waals surface area contributed by atoms with E-state index in [9.17, 15) is 8.42 Å². The van der Waals surface area contributed by atoms with Crippen molar-refractivity contribution in [3.63, 3.8) is 0 Å². The molecule has 3 rings (SSSR count). The van der Waals surface area contributed by atoms with Gasteiger partial charge in [-0.2, -0.15) is 18.2 Å². The molecule has 0 bridgehead atoms. The topological polar surface area (TPSA) is 61.2 Å². The SMILES string of the molecule is CC(C)c1cc(OS(=O)(=O)c2ccc(Br)cc2)n(-c2ccccc2)n1. The molecule has 0 aliphatic heterocycles. The van der Waals surface area contributed by atoms with Gasteiger partial charge in [-0.1, -0.05) is 48.0 Å². The minimum atomic E-state index is -3.95. The second kappa shape index (κ2) is 7.01. The highest BCUT2D eigenvalue weighted by molar-refractivity contribution is 9.10. The number of hydrogen-bond acceptors (Lipinski definition) is 4. The van der Waals surface area contributed by atoms with Crippen LogP contribution in [0.3, 0.4) is 0 Å². The van der Waals surface area contributed by atoms with Crippen LogP contribution < -0.4 is 4.18 Å². The standard InChI is InChI=1S/C18H17BrN2O3S/c1-13(2)17-12-18(21(20-17)15-6-4-3-5-7-15)24-25(22,23)16-10-8-14(19)9-11-16/h3-13H,1-2H3. The zero-order valence-corrected chi connectivity index (χ0v) is 16.2. The molecular weight excluding hydrogens is 404 g/mol. The van der Waals surface area contributed by atoms with Crippen molar-refractivity contribution in [3.05, 3.63) is 70.8 Å². The lowest BCUT2D eigenvalue weighted by molar-refractivity contribution is 0.465. The van der Waals surface area contributed by atoms with Crippen LogP contribution >= 0.6 is 15.9 Å². The Morgan fingerprint density at radius 3 is 2.28 bits per heavy atom. The van der Waals surface area contributed by atoms with Gasteiger partial charge in [0.2, 0.25) is 5.88 Å². The van der Waals surface area contributed by atoms with Crippen LogP contribution in [0.2, 0.25) is 0 Å². The first kappa shape index (κ1) is 17.7. The highest BCUT2D eigenvalue weighted by atomic mass is 79.9. The Bertz CT molecular complexity index is 965. The van der Waals surface area contributed by atoms with Crippen molar-refractivity contribution < 1.29 is 12.6 Å². The molecule has 0 amide bonds. The van der Waals surface area contributed by atoms with Crippen LogP contribution in [0.4, 0.5) is 0 Å². The minimum Gasteiger partial charge on any atom is -0.358 e. The van der Waals surface area contributed by atoms with Crippen LogP contribution in [0.5, 0.6) is 5.88 Å². The van der Waals surface area contributed by atoms with E-state index in [-0.39, 0.29) is 16.7 Å². The summed E-state index contributed by atoms with van der Waals surface area (Å²) in [5, 5.41) is 4.49. The van der Waals surface area contributed by atoms with Gasteiger partial charge < -0.3 is 4.18 Å². The maximum absolute atomic E-state index is 12.6. The van der Waals surface area contributed by atoms with Gasteiger partial charge in [-0.15, -0.1) is 0 Å². The van der Waals surface area contributed by atoms with E-state index in [1.807, 2.05) is 44.2 Å². The maximum Gasteiger partial charge on any atom is 0.340 e. The molecule has 0 spiro atoms. The van der Waals surface area contributed by atoms with Crippen LogP contribution in [-0.4, -0.2) is 18.2 Å². The summed E-state index contributed by atoms with van der Waals surface area (Å²) in [4.78, 5) is 0.0857. The molecule has 0 aliphatic carbocycles. The molecule has 25 heavy (non-hydrogen) atoms. The molecule has 0 radical (unpaired) electrons. The molecule has 5 nitrogen and oxygen atoms in total. The predicted octanol–water partition coefficient (Wildman–Crippen LogP) is 4.53. The Hall–Kier alpha value is -2.12. The van der Waals surface area contributed by atoms with E-state index in [2.05, 4.69) is 21.0 Å². The van der Waals surface area contributed by atoms with Crippen LogP contribution in [0.1, 0.15) is 25.5 Å². The first-order chi connectivity index (χ1) is 11.9. The molecule has 0 unspecified atom stereocenters. The van der Waals surface area contributed by atoms with Crippen molar-refractivity contribution in [2.24, 2.45) is 0 Å². The first-order valence-electron chi connectivity index (χ1n) is 7.72. The fourth-order valence-corrected chi connectivity index (χ4v) is 3.41. The van der Waals surface area contributed by atoms with Crippen molar-refractivity contribution in [2.75, 3.05) is 0 Å². The lowest BCUT2D eigenvalue weighted by Gasteiger charge is -2.09. The lowest BCUT2D eigenvalue weighted by atomic mass is 10.1. The summed E-state index contributed by atoms with van der Waals surface area (Å²) >= 11 is 3.29. The van der Waals surface area contributed by atoms with E-state index < -0.39 is 10.1 Å². The average molecular weight is 421 g/mol. The van der Waals surface area contributed by atoms with Crippen LogP contribution in [-0.2, 0) is 10.1 Å². The van der Waals surface area contributed by atoms with Crippen molar-refractivity contribution in [1.29, 1.82) is 0 Å². The molecule has 0 saturated carbocycles. The van der Waals surface area contributed by atoms with Crippen LogP contribution in [0.15, 0.2) is 70.0 Å². The van der Waals surface area contributed by atoms with Gasteiger partial charge in [0.25, 0.3) is 0 Å². The quantitative estimate of drug-likeness (QED) is 0.568. The molecule has 0 saturated heterocycles.